The number of carbonyl (C=O) groups is 1. The summed E-state index contributed by atoms with van der Waals surface area (Å²) >= 11 is 0. The van der Waals surface area contributed by atoms with Gasteiger partial charge >= 0.3 is 0 Å². The van der Waals surface area contributed by atoms with Crippen LogP contribution in [0.2, 0.25) is 0 Å². The first-order chi connectivity index (χ1) is 10.5. The molecule has 0 bridgehead atoms. The molecule has 3 N–H and O–H groups in total. The van der Waals surface area contributed by atoms with E-state index in [1.54, 1.807) is 21.1 Å². The minimum atomic E-state index is -0.459. The number of halogens is 2. The third-order valence-corrected chi connectivity index (χ3v) is 3.94. The van der Waals surface area contributed by atoms with Crippen molar-refractivity contribution in [3.63, 3.8) is 0 Å². The largest absolute Gasteiger partial charge is 0.493 e. The lowest BCUT2D eigenvalue weighted by Gasteiger charge is -2.29. The molecule has 8 heteroatoms. The van der Waals surface area contributed by atoms with E-state index in [0.717, 1.165) is 37.6 Å². The Kier molecular flexibility index (Phi) is 10.1. The van der Waals surface area contributed by atoms with Gasteiger partial charge in [0.25, 0.3) is 0 Å². The predicted octanol–water partition coefficient (Wildman–Crippen LogP) is 1.37. The second kappa shape index (κ2) is 10.6. The van der Waals surface area contributed by atoms with Crippen molar-refractivity contribution >= 4 is 30.7 Å². The summed E-state index contributed by atoms with van der Waals surface area (Å²) in [4.78, 5) is 13.8. The van der Waals surface area contributed by atoms with Gasteiger partial charge in [-0.15, -0.1) is 24.8 Å². The Bertz CT molecular complexity index is 542. The summed E-state index contributed by atoms with van der Waals surface area (Å²) in [7, 11) is 3.30. The molecule has 6 nitrogen and oxygen atoms in total. The first-order valence-electron chi connectivity index (χ1n) is 7.54. The molecule has 1 aromatic carbocycles. The first-order valence-corrected chi connectivity index (χ1v) is 7.54. The fourth-order valence-electron chi connectivity index (χ4n) is 2.63. The van der Waals surface area contributed by atoms with Gasteiger partial charge in [-0.3, -0.25) is 9.69 Å². The van der Waals surface area contributed by atoms with Crippen LogP contribution < -0.4 is 20.5 Å². The summed E-state index contributed by atoms with van der Waals surface area (Å²) in [6.45, 7) is 4.93. The van der Waals surface area contributed by atoms with Crippen LogP contribution in [-0.2, 0) is 17.8 Å². The summed E-state index contributed by atoms with van der Waals surface area (Å²) < 4.78 is 10.7. The number of hydrogen-bond donors (Lipinski definition) is 2. The van der Waals surface area contributed by atoms with Crippen LogP contribution in [0.3, 0.4) is 0 Å². The summed E-state index contributed by atoms with van der Waals surface area (Å²) in [6, 6.07) is 3.64. The van der Waals surface area contributed by atoms with E-state index in [1.807, 2.05) is 6.07 Å². The molecule has 1 heterocycles. The highest BCUT2D eigenvalue weighted by Gasteiger charge is 2.19. The summed E-state index contributed by atoms with van der Waals surface area (Å²) in [5, 5.41) is 2.84. The fraction of sp³-hybridized carbons (Fsp3) is 0.562. The molecule has 0 radical (unpaired) electrons. The molecular weight excluding hydrogens is 353 g/mol. The van der Waals surface area contributed by atoms with Crippen molar-refractivity contribution in [2.24, 2.45) is 5.73 Å². The van der Waals surface area contributed by atoms with E-state index in [2.05, 4.69) is 16.3 Å². The number of rotatable bonds is 6. The molecule has 1 aromatic rings. The van der Waals surface area contributed by atoms with Crippen LogP contribution in [0.1, 0.15) is 18.1 Å². The van der Waals surface area contributed by atoms with Crippen LogP contribution in [0, 0.1) is 0 Å². The molecule has 0 fully saturated rings. The molecule has 0 aliphatic carbocycles. The lowest BCUT2D eigenvalue weighted by Crippen LogP contribution is -2.43. The van der Waals surface area contributed by atoms with Crippen molar-refractivity contribution in [2.75, 3.05) is 33.9 Å². The zero-order valence-electron chi connectivity index (χ0n) is 14.3. The highest BCUT2D eigenvalue weighted by molar-refractivity contribution is 5.85. The van der Waals surface area contributed by atoms with Crippen LogP contribution in [0.25, 0.3) is 0 Å². The number of hydrogen-bond acceptors (Lipinski definition) is 5. The smallest absolute Gasteiger partial charge is 0.236 e. The predicted molar refractivity (Wildman–Crippen MR) is 99.7 cm³/mol. The van der Waals surface area contributed by atoms with Gasteiger partial charge in [-0.05, 0) is 36.6 Å². The van der Waals surface area contributed by atoms with E-state index in [0.29, 0.717) is 6.54 Å². The molecule has 0 aromatic heterocycles. The van der Waals surface area contributed by atoms with Gasteiger partial charge in [0, 0.05) is 26.2 Å². The topological polar surface area (TPSA) is 76.8 Å². The third-order valence-electron chi connectivity index (χ3n) is 3.94. The average Bonchev–Trinajstić information content (AvgIpc) is 2.53. The number of nitrogens with zero attached hydrogens (tertiary/aromatic N) is 1. The Morgan fingerprint density at radius 3 is 2.38 bits per heavy atom. The summed E-state index contributed by atoms with van der Waals surface area (Å²) in [6.07, 6.45) is 0.969. The van der Waals surface area contributed by atoms with Gasteiger partial charge in [-0.2, -0.15) is 0 Å². The van der Waals surface area contributed by atoms with Gasteiger partial charge in [0.1, 0.15) is 0 Å². The third kappa shape index (κ3) is 5.70. The van der Waals surface area contributed by atoms with E-state index in [9.17, 15) is 4.79 Å². The van der Waals surface area contributed by atoms with Crippen LogP contribution in [0.4, 0.5) is 0 Å². The number of nitrogens with two attached hydrogens (primary N) is 1. The van der Waals surface area contributed by atoms with Gasteiger partial charge in [-0.25, -0.2) is 0 Å². The van der Waals surface area contributed by atoms with E-state index in [1.165, 1.54) is 11.1 Å². The van der Waals surface area contributed by atoms with Crippen molar-refractivity contribution in [3.8, 4) is 11.5 Å². The molecule has 0 saturated carbocycles. The Morgan fingerprint density at radius 2 is 1.83 bits per heavy atom. The Hall–Kier alpha value is -1.21. The summed E-state index contributed by atoms with van der Waals surface area (Å²) in [5.41, 5.74) is 8.08. The number of methoxy groups -OCH3 is 2. The van der Waals surface area contributed by atoms with Gasteiger partial charge < -0.3 is 20.5 Å². The maximum atomic E-state index is 11.5. The van der Waals surface area contributed by atoms with Crippen molar-refractivity contribution in [1.82, 2.24) is 10.2 Å². The molecule has 1 amide bonds. The van der Waals surface area contributed by atoms with Gasteiger partial charge in [0.15, 0.2) is 11.5 Å². The van der Waals surface area contributed by atoms with Crippen LogP contribution in [0.5, 0.6) is 11.5 Å². The van der Waals surface area contributed by atoms with Crippen LogP contribution in [-0.4, -0.2) is 50.7 Å². The van der Waals surface area contributed by atoms with Crippen LogP contribution >= 0.6 is 24.8 Å². The van der Waals surface area contributed by atoms with E-state index in [4.69, 9.17) is 15.2 Å². The van der Waals surface area contributed by atoms with Crippen LogP contribution in [0.15, 0.2) is 12.1 Å². The van der Waals surface area contributed by atoms with Crippen molar-refractivity contribution < 1.29 is 14.3 Å². The lowest BCUT2D eigenvalue weighted by atomic mass is 9.99. The number of carbonyl (C=O) groups excluding carboxylic acids is 1. The number of ether oxygens (including phenoxy) is 2. The van der Waals surface area contributed by atoms with E-state index < -0.39 is 6.04 Å². The first kappa shape index (κ1) is 22.8. The van der Waals surface area contributed by atoms with E-state index in [-0.39, 0.29) is 30.7 Å². The minimum absolute atomic E-state index is 0. The number of fused-ring (bicyclic) bond motifs is 1. The average molecular weight is 380 g/mol. The molecule has 1 aliphatic heterocycles. The Morgan fingerprint density at radius 1 is 1.25 bits per heavy atom. The van der Waals surface area contributed by atoms with Crippen molar-refractivity contribution in [2.45, 2.75) is 25.9 Å². The lowest BCUT2D eigenvalue weighted by molar-refractivity contribution is -0.122. The fourth-order valence-corrected chi connectivity index (χ4v) is 2.63. The molecule has 2 rings (SSSR count). The second-order valence-electron chi connectivity index (χ2n) is 5.58. The molecule has 24 heavy (non-hydrogen) atoms. The summed E-state index contributed by atoms with van der Waals surface area (Å²) in [5.74, 6) is 1.43. The van der Waals surface area contributed by atoms with Gasteiger partial charge in [0.2, 0.25) is 5.91 Å². The Labute approximate surface area is 155 Å². The number of amides is 1. The number of benzene rings is 1. The Balaban J connectivity index is 0.00000264. The maximum Gasteiger partial charge on any atom is 0.236 e. The minimum Gasteiger partial charge on any atom is -0.493 e. The van der Waals surface area contributed by atoms with E-state index >= 15 is 0 Å². The molecule has 0 spiro atoms. The second-order valence-corrected chi connectivity index (χ2v) is 5.58. The standard InChI is InChI=1S/C16H25N3O3.2ClH/c1-11(17)16(20)18-5-7-19-6-4-12-8-14(21-2)15(22-3)9-13(12)10-19;;/h8-9,11H,4-7,10,17H2,1-3H3,(H,18,20);2*1H/t11-;;/m1../s1. The molecule has 0 unspecified atom stereocenters. The zero-order valence-corrected chi connectivity index (χ0v) is 16.0. The molecule has 138 valence electrons. The highest BCUT2D eigenvalue weighted by atomic mass is 35.5. The van der Waals surface area contributed by atoms with Crippen molar-refractivity contribution in [1.29, 1.82) is 0 Å². The number of nitrogens with one attached hydrogen (secondary N) is 1. The molecular formula is C16H27Cl2N3O3. The zero-order chi connectivity index (χ0) is 16.1. The van der Waals surface area contributed by atoms with Gasteiger partial charge in [0.05, 0.1) is 20.3 Å². The molecule has 1 atom stereocenters. The SMILES string of the molecule is COc1cc2c(cc1OC)CN(CCNC(=O)[C@@H](C)N)CC2.Cl.Cl. The molecule has 0 saturated heterocycles. The highest BCUT2D eigenvalue weighted by Crippen LogP contribution is 2.33. The quantitative estimate of drug-likeness (QED) is 0.780. The maximum absolute atomic E-state index is 11.5. The monoisotopic (exact) mass is 379 g/mol. The molecule has 1 aliphatic rings. The normalized spacial score (nSPS) is 14.5. The van der Waals surface area contributed by atoms with Gasteiger partial charge in [-0.1, -0.05) is 0 Å². The van der Waals surface area contributed by atoms with Crippen molar-refractivity contribution in [3.05, 3.63) is 23.3 Å².